The number of nitrogens with zero attached hydrogens (tertiary/aromatic N) is 5. The highest BCUT2D eigenvalue weighted by molar-refractivity contribution is 5.92. The average molecular weight is 229 g/mol. The van der Waals surface area contributed by atoms with E-state index in [4.69, 9.17) is 5.26 Å². The van der Waals surface area contributed by atoms with Crippen LogP contribution in [-0.4, -0.2) is 32.8 Å². The number of pyridine rings is 1. The van der Waals surface area contributed by atoms with Gasteiger partial charge in [0, 0.05) is 6.20 Å². The zero-order chi connectivity index (χ0) is 12.3. The molecule has 0 bridgehead atoms. The predicted octanol–water partition coefficient (Wildman–Crippen LogP) is 0.321. The van der Waals surface area contributed by atoms with Crippen molar-refractivity contribution in [1.82, 2.24) is 19.7 Å². The molecule has 0 saturated carbocycles. The largest absolute Gasteiger partial charge is 0.465 e. The van der Waals surface area contributed by atoms with Crippen LogP contribution in [0.5, 0.6) is 0 Å². The van der Waals surface area contributed by atoms with Gasteiger partial charge < -0.3 is 4.74 Å². The number of methoxy groups -OCH3 is 1. The van der Waals surface area contributed by atoms with E-state index >= 15 is 0 Å². The fourth-order valence-electron chi connectivity index (χ4n) is 1.27. The maximum atomic E-state index is 11.5. The summed E-state index contributed by atoms with van der Waals surface area (Å²) in [5.41, 5.74) is 0.254. The van der Waals surface area contributed by atoms with Crippen LogP contribution >= 0.6 is 0 Å². The van der Waals surface area contributed by atoms with Crippen LogP contribution in [0, 0.1) is 11.3 Å². The highest BCUT2D eigenvalue weighted by Crippen LogP contribution is 2.11. The molecule has 7 nitrogen and oxygen atoms in total. The summed E-state index contributed by atoms with van der Waals surface area (Å²) >= 11 is 0. The van der Waals surface area contributed by atoms with E-state index < -0.39 is 5.97 Å². The summed E-state index contributed by atoms with van der Waals surface area (Å²) in [7, 11) is 1.28. The summed E-state index contributed by atoms with van der Waals surface area (Å²) in [5, 5.41) is 12.5. The molecule has 0 aliphatic rings. The van der Waals surface area contributed by atoms with Crippen molar-refractivity contribution in [3.05, 3.63) is 36.0 Å². The molecule has 84 valence electrons. The van der Waals surface area contributed by atoms with Gasteiger partial charge in [0.1, 0.15) is 18.0 Å². The third kappa shape index (κ3) is 1.96. The normalized spacial score (nSPS) is 9.65. The van der Waals surface area contributed by atoms with Gasteiger partial charge in [0.05, 0.1) is 7.11 Å². The molecular weight excluding hydrogens is 222 g/mol. The van der Waals surface area contributed by atoms with Crippen LogP contribution < -0.4 is 0 Å². The molecule has 17 heavy (non-hydrogen) atoms. The molecule has 0 spiro atoms. The number of ether oxygens (including phenoxy) is 1. The first-order chi connectivity index (χ1) is 8.26. The van der Waals surface area contributed by atoms with Crippen molar-refractivity contribution in [3.63, 3.8) is 0 Å². The Hall–Kier alpha value is -2.75. The van der Waals surface area contributed by atoms with E-state index in [9.17, 15) is 4.79 Å². The number of carbonyl (C=O) groups is 1. The van der Waals surface area contributed by atoms with Crippen LogP contribution in [0.2, 0.25) is 0 Å². The Balaban J connectivity index is 2.52. The van der Waals surface area contributed by atoms with Crippen molar-refractivity contribution >= 4 is 5.97 Å². The molecule has 2 heterocycles. The van der Waals surface area contributed by atoms with E-state index in [1.165, 1.54) is 24.3 Å². The molecule has 0 radical (unpaired) electrons. The molecule has 0 saturated heterocycles. The second-order valence-corrected chi connectivity index (χ2v) is 2.99. The maximum absolute atomic E-state index is 11.5. The van der Waals surface area contributed by atoms with Gasteiger partial charge in [0.15, 0.2) is 5.82 Å². The van der Waals surface area contributed by atoms with Crippen molar-refractivity contribution < 1.29 is 9.53 Å². The van der Waals surface area contributed by atoms with E-state index in [0.29, 0.717) is 0 Å². The summed E-state index contributed by atoms with van der Waals surface area (Å²) in [6.45, 7) is 0. The van der Waals surface area contributed by atoms with Crippen molar-refractivity contribution in [2.75, 3.05) is 7.11 Å². The second-order valence-electron chi connectivity index (χ2n) is 2.99. The lowest BCUT2D eigenvalue weighted by Gasteiger charge is -2.04. The minimum absolute atomic E-state index is 0.00599. The molecule has 0 fully saturated rings. The monoisotopic (exact) mass is 229 g/mol. The Morgan fingerprint density at radius 2 is 2.35 bits per heavy atom. The third-order valence-electron chi connectivity index (χ3n) is 2.00. The first-order valence-electron chi connectivity index (χ1n) is 4.61. The molecule has 0 N–H and O–H groups in total. The van der Waals surface area contributed by atoms with E-state index in [1.54, 1.807) is 18.2 Å². The molecule has 0 aliphatic heterocycles. The van der Waals surface area contributed by atoms with Gasteiger partial charge in [-0.2, -0.15) is 5.26 Å². The second kappa shape index (κ2) is 4.40. The number of hydrogen-bond donors (Lipinski definition) is 0. The fraction of sp³-hybridized carbons (Fsp3) is 0.100. The van der Waals surface area contributed by atoms with Crippen LogP contribution in [0.4, 0.5) is 0 Å². The van der Waals surface area contributed by atoms with Crippen molar-refractivity contribution in [1.29, 1.82) is 5.26 Å². The lowest BCUT2D eigenvalue weighted by Crippen LogP contribution is -2.10. The summed E-state index contributed by atoms with van der Waals surface area (Å²) in [6, 6.07) is 4.96. The maximum Gasteiger partial charge on any atom is 0.341 e. The highest BCUT2D eigenvalue weighted by atomic mass is 16.5. The standard InChI is InChI=1S/C10H7N5O2/c1-17-10(16)7-3-2-4-12-9(7)15-6-13-8(5-11)14-15/h2-4,6H,1H3. The minimum Gasteiger partial charge on any atom is -0.465 e. The van der Waals surface area contributed by atoms with Gasteiger partial charge in [0.2, 0.25) is 0 Å². The number of nitriles is 1. The Morgan fingerprint density at radius 3 is 3.00 bits per heavy atom. The number of hydrogen-bond acceptors (Lipinski definition) is 6. The first-order valence-corrected chi connectivity index (χ1v) is 4.61. The summed E-state index contributed by atoms with van der Waals surface area (Å²) in [6.07, 6.45) is 2.82. The van der Waals surface area contributed by atoms with Crippen LogP contribution in [0.25, 0.3) is 5.82 Å². The van der Waals surface area contributed by atoms with Crippen LogP contribution in [0.15, 0.2) is 24.7 Å². The number of esters is 1. The zero-order valence-corrected chi connectivity index (χ0v) is 8.86. The Kier molecular flexibility index (Phi) is 2.79. The topological polar surface area (TPSA) is 93.7 Å². The lowest BCUT2D eigenvalue weighted by atomic mass is 10.2. The first kappa shape index (κ1) is 10.8. The van der Waals surface area contributed by atoms with Gasteiger partial charge in [-0.05, 0) is 12.1 Å². The van der Waals surface area contributed by atoms with Crippen LogP contribution in [0.3, 0.4) is 0 Å². The molecule has 2 rings (SSSR count). The molecule has 2 aromatic rings. The van der Waals surface area contributed by atoms with Crippen LogP contribution in [0.1, 0.15) is 16.2 Å². The van der Waals surface area contributed by atoms with Gasteiger partial charge in [-0.15, -0.1) is 5.10 Å². The van der Waals surface area contributed by atoms with E-state index in [-0.39, 0.29) is 17.2 Å². The van der Waals surface area contributed by atoms with Gasteiger partial charge in [-0.25, -0.2) is 19.4 Å². The lowest BCUT2D eigenvalue weighted by molar-refractivity contribution is 0.0600. The summed E-state index contributed by atoms with van der Waals surface area (Å²) in [5.74, 6) is -0.248. The highest BCUT2D eigenvalue weighted by Gasteiger charge is 2.15. The van der Waals surface area contributed by atoms with Crippen molar-refractivity contribution in [2.45, 2.75) is 0 Å². The number of carbonyl (C=O) groups excluding carboxylic acids is 1. The minimum atomic E-state index is -0.526. The predicted molar refractivity (Wildman–Crippen MR) is 55.2 cm³/mol. The van der Waals surface area contributed by atoms with Gasteiger partial charge in [-0.1, -0.05) is 0 Å². The number of aromatic nitrogens is 4. The van der Waals surface area contributed by atoms with Crippen LogP contribution in [-0.2, 0) is 4.74 Å². The van der Waals surface area contributed by atoms with Gasteiger partial charge in [0.25, 0.3) is 5.82 Å². The van der Waals surface area contributed by atoms with E-state index in [2.05, 4.69) is 19.8 Å². The molecule has 0 aromatic carbocycles. The molecule has 7 heteroatoms. The van der Waals surface area contributed by atoms with Crippen molar-refractivity contribution in [2.24, 2.45) is 0 Å². The third-order valence-corrected chi connectivity index (χ3v) is 2.00. The summed E-state index contributed by atoms with van der Waals surface area (Å²) in [4.78, 5) is 19.2. The fourth-order valence-corrected chi connectivity index (χ4v) is 1.27. The van der Waals surface area contributed by atoms with E-state index in [1.807, 2.05) is 0 Å². The molecule has 0 amide bonds. The molecule has 0 unspecified atom stereocenters. The molecule has 2 aromatic heterocycles. The SMILES string of the molecule is COC(=O)c1cccnc1-n1cnc(C#N)n1. The smallest absolute Gasteiger partial charge is 0.341 e. The Morgan fingerprint density at radius 1 is 1.53 bits per heavy atom. The zero-order valence-electron chi connectivity index (χ0n) is 8.86. The number of rotatable bonds is 2. The van der Waals surface area contributed by atoms with Gasteiger partial charge >= 0.3 is 5.97 Å². The summed E-state index contributed by atoms with van der Waals surface area (Å²) < 4.78 is 5.88. The van der Waals surface area contributed by atoms with E-state index in [0.717, 1.165) is 0 Å². The molecule has 0 atom stereocenters. The quantitative estimate of drug-likeness (QED) is 0.688. The Labute approximate surface area is 96.3 Å². The Bertz CT molecular complexity index is 599. The average Bonchev–Trinajstić information content (AvgIpc) is 2.86. The van der Waals surface area contributed by atoms with Crippen molar-refractivity contribution in [3.8, 4) is 11.9 Å². The molecular formula is C10H7N5O2. The molecule has 0 aliphatic carbocycles. The van der Waals surface area contributed by atoms with Gasteiger partial charge in [-0.3, -0.25) is 0 Å².